The molecule has 8 aliphatic heterocycles. The Morgan fingerprint density at radius 1 is 0.407 bits per heavy atom. The van der Waals surface area contributed by atoms with Gasteiger partial charge in [-0.15, -0.1) is 0 Å². The van der Waals surface area contributed by atoms with Crippen LogP contribution in [0.2, 0.25) is 0 Å². The highest BCUT2D eigenvalue weighted by Crippen LogP contribution is 2.39. The molecule has 9 amide bonds. The Kier molecular flexibility index (Phi) is 19.1. The van der Waals surface area contributed by atoms with Gasteiger partial charge in [-0.2, -0.15) is 0 Å². The fraction of sp³-hybridized carbons (Fsp3) is 0.438. The standard InChI is InChI=1S/C18H21FN2O2.C18H20N2O3.2C18H22N2O2.CH4/c1-10-5-6-15(16(22)20-10)21-9-11-7-14(19)13(18(2,3)4)8-12(11)17(21)23;1-10-8-9-13(15(21)19-10)20-16(22)11-6-5-7-12(18(2,3)4)14(11)17(20)23;1-11-5-8-15(16(21)19-11)20-10-12-6-7-13(18(2,3)4)9-14(12)17(20)22;1-11-8-9-15(16(21)19-11)20-10-13-12(17(20)22)6-5-7-14(13)18(2,3)4;/h7-8,15H,1,5-6,9H2,2-4H3,(H,20,22);5-7,13H,1,8-9H2,2-4H3,(H,19,21);6-7,9,15H,1,5,8,10H2,2-4H3,(H,19,21);5-7,15H,1,8-10H2,2-4H3,(H,19,21);1H4. The predicted molar refractivity (Wildman–Crippen MR) is 349 cm³/mol. The van der Waals surface area contributed by atoms with Crippen LogP contribution < -0.4 is 21.3 Å². The molecule has 0 aromatic heterocycles. The van der Waals surface area contributed by atoms with Crippen LogP contribution in [0.4, 0.5) is 4.39 Å². The van der Waals surface area contributed by atoms with Gasteiger partial charge >= 0.3 is 0 Å². The van der Waals surface area contributed by atoms with Gasteiger partial charge in [-0.1, -0.05) is 153 Å². The molecule has 18 heteroatoms. The van der Waals surface area contributed by atoms with Crippen LogP contribution in [0.1, 0.15) is 233 Å². The van der Waals surface area contributed by atoms with Gasteiger partial charge in [0, 0.05) is 59.1 Å². The van der Waals surface area contributed by atoms with Crippen molar-refractivity contribution in [1.82, 2.24) is 40.9 Å². The first kappa shape index (κ1) is 68.1. The number of allylic oxidation sites excluding steroid dienone is 4. The van der Waals surface area contributed by atoms with Crippen molar-refractivity contribution in [3.63, 3.8) is 0 Å². The summed E-state index contributed by atoms with van der Waals surface area (Å²) in [6.45, 7) is 40.9. The molecule has 0 radical (unpaired) electrons. The van der Waals surface area contributed by atoms with Gasteiger partial charge in [0.15, 0.2) is 0 Å². The Balaban J connectivity index is 0.000000156. The van der Waals surface area contributed by atoms with E-state index >= 15 is 0 Å². The van der Waals surface area contributed by atoms with Crippen LogP contribution in [0.3, 0.4) is 0 Å². The topological polar surface area (TPSA) is 215 Å². The molecule has 8 heterocycles. The summed E-state index contributed by atoms with van der Waals surface area (Å²) in [4.78, 5) is 119. The van der Waals surface area contributed by atoms with Crippen molar-refractivity contribution in [2.24, 2.45) is 0 Å². The van der Waals surface area contributed by atoms with Gasteiger partial charge in [0.1, 0.15) is 30.0 Å². The number of hydrogen-bond acceptors (Lipinski definition) is 9. The maximum Gasteiger partial charge on any atom is 0.262 e. The normalized spacial score (nSPS) is 21.4. The number of carbonyl (C=O) groups is 9. The lowest BCUT2D eigenvalue weighted by Crippen LogP contribution is -2.51. The van der Waals surface area contributed by atoms with Gasteiger partial charge in [0.05, 0.1) is 11.1 Å². The lowest BCUT2D eigenvalue weighted by molar-refractivity contribution is -0.127. The lowest BCUT2D eigenvalue weighted by atomic mass is 9.82. The van der Waals surface area contributed by atoms with Crippen molar-refractivity contribution in [1.29, 1.82) is 0 Å². The van der Waals surface area contributed by atoms with Crippen molar-refractivity contribution in [3.8, 4) is 0 Å². The third-order valence-electron chi connectivity index (χ3n) is 17.9. The molecule has 4 fully saturated rings. The van der Waals surface area contributed by atoms with E-state index in [1.165, 1.54) is 11.6 Å². The van der Waals surface area contributed by atoms with Crippen molar-refractivity contribution in [2.45, 2.75) is 207 Å². The van der Waals surface area contributed by atoms with E-state index in [1.54, 1.807) is 32.9 Å². The third kappa shape index (κ3) is 13.8. The van der Waals surface area contributed by atoms with Crippen LogP contribution in [0.25, 0.3) is 0 Å². The van der Waals surface area contributed by atoms with E-state index in [-0.39, 0.29) is 101 Å². The minimum Gasteiger partial charge on any atom is -0.329 e. The van der Waals surface area contributed by atoms with E-state index in [4.69, 9.17) is 0 Å². The molecule has 8 aliphatic rings. The molecule has 4 aromatic rings. The van der Waals surface area contributed by atoms with Crippen molar-refractivity contribution < 1.29 is 47.5 Å². The quantitative estimate of drug-likeness (QED) is 0.143. The van der Waals surface area contributed by atoms with Gasteiger partial charge in [-0.25, -0.2) is 4.39 Å². The first-order valence-electron chi connectivity index (χ1n) is 30.9. The molecule has 17 nitrogen and oxygen atoms in total. The summed E-state index contributed by atoms with van der Waals surface area (Å²) in [6, 6.07) is 18.3. The van der Waals surface area contributed by atoms with E-state index in [0.717, 1.165) is 62.5 Å². The summed E-state index contributed by atoms with van der Waals surface area (Å²) in [7, 11) is 0. The summed E-state index contributed by atoms with van der Waals surface area (Å²) in [5, 5.41) is 10.9. The summed E-state index contributed by atoms with van der Waals surface area (Å²) in [5.74, 6) is -2.10. The third-order valence-corrected chi connectivity index (χ3v) is 17.9. The second kappa shape index (κ2) is 25.5. The van der Waals surface area contributed by atoms with Crippen LogP contribution in [-0.4, -0.2) is 96.9 Å². The molecule has 91 heavy (non-hydrogen) atoms. The molecule has 4 N–H and O–H groups in total. The fourth-order valence-electron chi connectivity index (χ4n) is 12.9. The van der Waals surface area contributed by atoms with Gasteiger partial charge in [0.25, 0.3) is 29.5 Å². The van der Waals surface area contributed by atoms with Gasteiger partial charge in [-0.05, 0) is 142 Å². The Labute approximate surface area is 535 Å². The van der Waals surface area contributed by atoms with E-state index < -0.39 is 18.1 Å². The second-order valence-electron chi connectivity index (χ2n) is 28.8. The zero-order valence-corrected chi connectivity index (χ0v) is 54.1. The maximum absolute atomic E-state index is 14.3. The summed E-state index contributed by atoms with van der Waals surface area (Å²) in [5.41, 5.74) is 11.3. The number of rotatable bonds is 4. The number of piperidine rings is 4. The molecular formula is C73H89FN8O9. The highest BCUT2D eigenvalue weighted by atomic mass is 19.1. The van der Waals surface area contributed by atoms with Crippen LogP contribution in [0.5, 0.6) is 0 Å². The number of benzene rings is 4. The minimum atomic E-state index is -0.763. The average molecular weight is 1240 g/mol. The number of fused-ring (bicyclic) bond motifs is 4. The van der Waals surface area contributed by atoms with E-state index in [2.05, 4.69) is 101 Å². The molecule has 0 bridgehead atoms. The predicted octanol–water partition coefficient (Wildman–Crippen LogP) is 11.3. The summed E-state index contributed by atoms with van der Waals surface area (Å²) < 4.78 is 14.3. The van der Waals surface area contributed by atoms with Crippen LogP contribution in [0, 0.1) is 5.82 Å². The summed E-state index contributed by atoms with van der Waals surface area (Å²) >= 11 is 0. The smallest absolute Gasteiger partial charge is 0.262 e. The van der Waals surface area contributed by atoms with Crippen LogP contribution in [-0.2, 0) is 60.5 Å². The first-order valence-corrected chi connectivity index (χ1v) is 30.9. The molecule has 4 unspecified atom stereocenters. The molecule has 4 aromatic carbocycles. The maximum atomic E-state index is 14.3. The molecule has 4 saturated heterocycles. The second-order valence-corrected chi connectivity index (χ2v) is 28.8. The fourth-order valence-corrected chi connectivity index (χ4v) is 12.9. The number of nitrogens with zero attached hydrogens (tertiary/aromatic N) is 4. The molecule has 0 saturated carbocycles. The SMILES string of the molecule is C.C=C1CCC(N2C(=O)c3cccc(C(C)(C)C)c3C2=O)C(=O)N1.C=C1CCC(N2Cc3c(cccc3C(C)(C)C)C2=O)C(=O)N1.C=C1CCC(N2Cc3cc(F)c(C(C)(C)C)cc3C2=O)C(=O)N1.C=C1CCC(N2Cc3ccc(C(C)(C)C)cc3C2=O)C(=O)N1. The Morgan fingerprint density at radius 2 is 0.802 bits per heavy atom. The highest BCUT2D eigenvalue weighted by Gasteiger charge is 2.47. The molecule has 482 valence electrons. The molecule has 12 rings (SSSR count). The minimum absolute atomic E-state index is 0. The van der Waals surface area contributed by atoms with Gasteiger partial charge in [0.2, 0.25) is 23.6 Å². The number of hydrogen-bond donors (Lipinski definition) is 4. The van der Waals surface area contributed by atoms with Crippen molar-refractivity contribution in [3.05, 3.63) is 188 Å². The monoisotopic (exact) mass is 1240 g/mol. The van der Waals surface area contributed by atoms with Crippen molar-refractivity contribution in [2.75, 3.05) is 0 Å². The Hall–Kier alpha value is -8.80. The zero-order chi connectivity index (χ0) is 66.0. The number of carbonyl (C=O) groups excluding carboxylic acids is 9. The van der Waals surface area contributed by atoms with Gasteiger partial charge in [-0.3, -0.25) is 48.1 Å². The van der Waals surface area contributed by atoms with Crippen molar-refractivity contribution >= 4 is 53.2 Å². The number of nitrogens with one attached hydrogen (secondary N) is 4. The number of amides is 9. The van der Waals surface area contributed by atoms with Crippen LogP contribution >= 0.6 is 0 Å². The van der Waals surface area contributed by atoms with E-state index in [1.807, 2.05) is 71.9 Å². The van der Waals surface area contributed by atoms with Gasteiger partial charge < -0.3 is 36.0 Å². The molecular weight excluding hydrogens is 1150 g/mol. The Morgan fingerprint density at radius 3 is 1.24 bits per heavy atom. The first-order chi connectivity index (χ1) is 42.0. The molecule has 4 atom stereocenters. The summed E-state index contributed by atoms with van der Waals surface area (Å²) in [6.07, 6.45) is 4.94. The molecule has 0 aliphatic carbocycles. The lowest BCUT2D eigenvalue weighted by Gasteiger charge is -2.31. The average Bonchev–Trinajstić information content (AvgIpc) is 1.62. The van der Waals surface area contributed by atoms with Crippen LogP contribution in [0.15, 0.2) is 116 Å². The number of halogens is 1. The number of imide groups is 1. The van der Waals surface area contributed by atoms with E-state index in [0.29, 0.717) is 90.8 Å². The highest BCUT2D eigenvalue weighted by molar-refractivity contribution is 6.23. The largest absolute Gasteiger partial charge is 0.329 e. The van der Waals surface area contributed by atoms with E-state index in [9.17, 15) is 47.5 Å². The Bertz CT molecular complexity index is 3770. The molecule has 0 spiro atoms. The zero-order valence-electron chi connectivity index (χ0n) is 54.1.